The number of aromatic nitrogens is 2. The molecule has 1 heterocycles. The van der Waals surface area contributed by atoms with Crippen molar-refractivity contribution >= 4 is 16.6 Å². The first kappa shape index (κ1) is 11.7. The SMILES string of the molecule is Nc1ccc2cnn(COCC(F)(F)F)c2c1. The van der Waals surface area contributed by atoms with E-state index in [0.717, 1.165) is 5.39 Å². The largest absolute Gasteiger partial charge is 0.411 e. The maximum absolute atomic E-state index is 11.9. The van der Waals surface area contributed by atoms with Crippen LogP contribution in [0.5, 0.6) is 0 Å². The highest BCUT2D eigenvalue weighted by molar-refractivity contribution is 5.81. The summed E-state index contributed by atoms with van der Waals surface area (Å²) in [7, 11) is 0. The van der Waals surface area contributed by atoms with E-state index in [1.54, 1.807) is 24.4 Å². The summed E-state index contributed by atoms with van der Waals surface area (Å²) >= 11 is 0. The average molecular weight is 245 g/mol. The zero-order chi connectivity index (χ0) is 12.5. The minimum atomic E-state index is -4.33. The molecule has 0 fully saturated rings. The van der Waals surface area contributed by atoms with E-state index < -0.39 is 12.8 Å². The van der Waals surface area contributed by atoms with E-state index in [9.17, 15) is 13.2 Å². The van der Waals surface area contributed by atoms with Gasteiger partial charge in [-0.25, -0.2) is 4.68 Å². The van der Waals surface area contributed by atoms with Crippen molar-refractivity contribution in [2.24, 2.45) is 0 Å². The highest BCUT2D eigenvalue weighted by Gasteiger charge is 2.27. The summed E-state index contributed by atoms with van der Waals surface area (Å²) < 4.78 is 41.5. The number of anilines is 1. The molecule has 0 aliphatic carbocycles. The van der Waals surface area contributed by atoms with Crippen LogP contribution in [0, 0.1) is 0 Å². The van der Waals surface area contributed by atoms with Crippen LogP contribution in [0.3, 0.4) is 0 Å². The molecule has 0 atom stereocenters. The topological polar surface area (TPSA) is 53.1 Å². The minimum Gasteiger partial charge on any atom is -0.399 e. The number of nitrogens with zero attached hydrogens (tertiary/aromatic N) is 2. The first-order valence-electron chi connectivity index (χ1n) is 4.81. The standard InChI is InChI=1S/C10H10F3N3O/c11-10(12,13)5-17-6-16-9-3-8(14)2-1-7(9)4-15-16/h1-4H,5-6,14H2. The second kappa shape index (κ2) is 4.25. The maximum Gasteiger partial charge on any atom is 0.411 e. The third-order valence-corrected chi connectivity index (χ3v) is 2.15. The Morgan fingerprint density at radius 3 is 2.82 bits per heavy atom. The first-order chi connectivity index (χ1) is 7.96. The van der Waals surface area contributed by atoms with Crippen LogP contribution < -0.4 is 5.73 Å². The van der Waals surface area contributed by atoms with Crippen LogP contribution in [0.15, 0.2) is 24.4 Å². The molecule has 0 amide bonds. The lowest BCUT2D eigenvalue weighted by atomic mass is 10.2. The lowest BCUT2D eigenvalue weighted by Gasteiger charge is -2.08. The van der Waals surface area contributed by atoms with Gasteiger partial charge in [-0.1, -0.05) is 0 Å². The number of nitrogen functional groups attached to an aromatic ring is 1. The number of ether oxygens (including phenoxy) is 1. The Morgan fingerprint density at radius 2 is 2.12 bits per heavy atom. The lowest BCUT2D eigenvalue weighted by molar-refractivity contribution is -0.182. The van der Waals surface area contributed by atoms with Crippen molar-refractivity contribution < 1.29 is 17.9 Å². The van der Waals surface area contributed by atoms with E-state index in [1.165, 1.54) is 4.68 Å². The number of rotatable bonds is 3. The molecule has 2 aromatic rings. The quantitative estimate of drug-likeness (QED) is 0.843. The number of nitrogens with two attached hydrogens (primary N) is 1. The number of alkyl halides is 3. The van der Waals surface area contributed by atoms with E-state index in [0.29, 0.717) is 11.2 Å². The van der Waals surface area contributed by atoms with Crippen LogP contribution in [-0.4, -0.2) is 22.6 Å². The summed E-state index contributed by atoms with van der Waals surface area (Å²) in [5.74, 6) is 0. The second-order valence-corrected chi connectivity index (χ2v) is 3.56. The van der Waals surface area contributed by atoms with Gasteiger partial charge in [-0.3, -0.25) is 0 Å². The zero-order valence-electron chi connectivity index (χ0n) is 8.74. The molecule has 0 unspecified atom stereocenters. The fraction of sp³-hybridized carbons (Fsp3) is 0.300. The molecule has 0 spiro atoms. The Bertz CT molecular complexity index is 521. The van der Waals surface area contributed by atoms with Gasteiger partial charge in [0.15, 0.2) is 0 Å². The molecule has 92 valence electrons. The summed E-state index contributed by atoms with van der Waals surface area (Å²) in [4.78, 5) is 0. The molecule has 0 aliphatic rings. The first-order valence-corrected chi connectivity index (χ1v) is 4.81. The van der Waals surface area contributed by atoms with E-state index >= 15 is 0 Å². The van der Waals surface area contributed by atoms with Crippen molar-refractivity contribution in [1.29, 1.82) is 0 Å². The van der Waals surface area contributed by atoms with Gasteiger partial charge in [0.1, 0.15) is 13.3 Å². The molecule has 0 aliphatic heterocycles. The van der Waals surface area contributed by atoms with Gasteiger partial charge in [0.25, 0.3) is 0 Å². The highest BCUT2D eigenvalue weighted by atomic mass is 19.4. The van der Waals surface area contributed by atoms with Crippen molar-refractivity contribution in [3.05, 3.63) is 24.4 Å². The van der Waals surface area contributed by atoms with Crippen molar-refractivity contribution in [2.75, 3.05) is 12.3 Å². The van der Waals surface area contributed by atoms with Crippen LogP contribution in [0.1, 0.15) is 0 Å². The van der Waals surface area contributed by atoms with Gasteiger partial charge in [0, 0.05) is 11.1 Å². The van der Waals surface area contributed by atoms with Gasteiger partial charge < -0.3 is 10.5 Å². The lowest BCUT2D eigenvalue weighted by Crippen LogP contribution is -2.18. The summed E-state index contributed by atoms with van der Waals surface area (Å²) in [5, 5.41) is 4.73. The minimum absolute atomic E-state index is 0.257. The summed E-state index contributed by atoms with van der Waals surface area (Å²) in [6, 6.07) is 5.09. The van der Waals surface area contributed by atoms with Gasteiger partial charge >= 0.3 is 6.18 Å². The smallest absolute Gasteiger partial charge is 0.399 e. The van der Waals surface area contributed by atoms with Gasteiger partial charge in [0.05, 0.1) is 11.7 Å². The molecule has 17 heavy (non-hydrogen) atoms. The van der Waals surface area contributed by atoms with Gasteiger partial charge in [0.2, 0.25) is 0 Å². The third-order valence-electron chi connectivity index (χ3n) is 2.15. The normalized spacial score (nSPS) is 12.2. The third kappa shape index (κ3) is 2.88. The van der Waals surface area contributed by atoms with Crippen molar-refractivity contribution in [2.45, 2.75) is 12.9 Å². The summed E-state index contributed by atoms with van der Waals surface area (Å²) in [5.41, 5.74) is 6.76. The molecule has 0 bridgehead atoms. The highest BCUT2D eigenvalue weighted by Crippen LogP contribution is 2.18. The predicted molar refractivity (Wildman–Crippen MR) is 56.2 cm³/mol. The van der Waals surface area contributed by atoms with Crippen molar-refractivity contribution in [1.82, 2.24) is 9.78 Å². The van der Waals surface area contributed by atoms with Gasteiger partial charge in [-0.05, 0) is 18.2 Å². The molecular formula is C10H10F3N3O. The Hall–Kier alpha value is -1.76. The molecule has 1 aromatic heterocycles. The van der Waals surface area contributed by atoms with E-state index in [2.05, 4.69) is 9.84 Å². The molecule has 0 saturated heterocycles. The summed E-state index contributed by atoms with van der Waals surface area (Å²) in [6.45, 7) is -1.55. The molecule has 1 aromatic carbocycles. The molecule has 0 radical (unpaired) electrons. The fourth-order valence-corrected chi connectivity index (χ4v) is 1.44. The number of hydrogen-bond donors (Lipinski definition) is 1. The van der Waals surface area contributed by atoms with Gasteiger partial charge in [-0.2, -0.15) is 18.3 Å². The van der Waals surface area contributed by atoms with Crippen LogP contribution in [0.2, 0.25) is 0 Å². The second-order valence-electron chi connectivity index (χ2n) is 3.56. The van der Waals surface area contributed by atoms with Crippen LogP contribution in [0.4, 0.5) is 18.9 Å². The molecule has 7 heteroatoms. The zero-order valence-corrected chi connectivity index (χ0v) is 8.74. The van der Waals surface area contributed by atoms with E-state index in [1.807, 2.05) is 0 Å². The number of benzene rings is 1. The molecule has 2 N–H and O–H groups in total. The molecule has 0 saturated carbocycles. The van der Waals surface area contributed by atoms with E-state index in [-0.39, 0.29) is 6.73 Å². The Balaban J connectivity index is 2.11. The Kier molecular flexibility index (Phi) is 2.93. The van der Waals surface area contributed by atoms with Crippen molar-refractivity contribution in [3.63, 3.8) is 0 Å². The number of fused-ring (bicyclic) bond motifs is 1. The fourth-order valence-electron chi connectivity index (χ4n) is 1.44. The van der Waals surface area contributed by atoms with Gasteiger partial charge in [-0.15, -0.1) is 0 Å². The van der Waals surface area contributed by atoms with Crippen LogP contribution in [0.25, 0.3) is 10.9 Å². The average Bonchev–Trinajstić information content (AvgIpc) is 2.59. The monoisotopic (exact) mass is 245 g/mol. The Labute approximate surface area is 94.8 Å². The Morgan fingerprint density at radius 1 is 1.35 bits per heavy atom. The van der Waals surface area contributed by atoms with Crippen molar-refractivity contribution in [3.8, 4) is 0 Å². The van der Waals surface area contributed by atoms with Crippen LogP contribution >= 0.6 is 0 Å². The van der Waals surface area contributed by atoms with E-state index in [4.69, 9.17) is 5.73 Å². The number of halogens is 3. The molecule has 2 rings (SSSR count). The maximum atomic E-state index is 11.9. The van der Waals surface area contributed by atoms with Crippen LogP contribution in [-0.2, 0) is 11.5 Å². The summed E-state index contributed by atoms with van der Waals surface area (Å²) in [6.07, 6.45) is -2.78. The number of hydrogen-bond acceptors (Lipinski definition) is 3. The molecular weight excluding hydrogens is 235 g/mol. The predicted octanol–water partition coefficient (Wildman–Crippen LogP) is 2.15. The molecule has 4 nitrogen and oxygen atoms in total.